The minimum Gasteiger partial charge on any atom is -0.406 e. The molecule has 1 saturated carbocycles. The zero-order valence-electron chi connectivity index (χ0n) is 12.7. The highest BCUT2D eigenvalue weighted by Gasteiger charge is 2.31. The molecule has 1 unspecified atom stereocenters. The quantitative estimate of drug-likeness (QED) is 0.711. The second-order valence-electron chi connectivity index (χ2n) is 5.93. The average molecular weight is 314 g/mol. The largest absolute Gasteiger partial charge is 0.573 e. The maximum absolute atomic E-state index is 12.6. The van der Waals surface area contributed by atoms with Crippen LogP contribution in [0.3, 0.4) is 0 Å². The van der Waals surface area contributed by atoms with E-state index in [1.165, 1.54) is 25.0 Å². The SMILES string of the molecule is CC(C(=O)C1CCCCCC1)c1ccc(OC(F)(F)F)cc1. The number of halogens is 3. The van der Waals surface area contributed by atoms with Gasteiger partial charge in [0, 0.05) is 11.8 Å². The molecule has 1 aliphatic rings. The van der Waals surface area contributed by atoms with E-state index in [2.05, 4.69) is 4.74 Å². The van der Waals surface area contributed by atoms with Gasteiger partial charge in [-0.3, -0.25) is 4.79 Å². The van der Waals surface area contributed by atoms with Crippen LogP contribution >= 0.6 is 0 Å². The first-order chi connectivity index (χ1) is 10.4. The van der Waals surface area contributed by atoms with E-state index in [1.807, 2.05) is 6.92 Å². The van der Waals surface area contributed by atoms with Crippen molar-refractivity contribution < 1.29 is 22.7 Å². The van der Waals surface area contributed by atoms with E-state index in [4.69, 9.17) is 0 Å². The molecule has 1 aliphatic carbocycles. The average Bonchev–Trinajstić information content (AvgIpc) is 2.74. The fraction of sp³-hybridized carbons (Fsp3) is 0.588. The number of carbonyl (C=O) groups is 1. The summed E-state index contributed by atoms with van der Waals surface area (Å²) in [6, 6.07) is 5.61. The molecule has 0 N–H and O–H groups in total. The first-order valence-corrected chi connectivity index (χ1v) is 7.76. The molecule has 2 nitrogen and oxygen atoms in total. The Morgan fingerprint density at radius 3 is 2.14 bits per heavy atom. The molecular weight excluding hydrogens is 293 g/mol. The number of rotatable bonds is 4. The predicted octanol–water partition coefficient (Wildman–Crippen LogP) is 5.23. The minimum absolute atomic E-state index is 0.0867. The number of carbonyl (C=O) groups excluding carboxylic acids is 1. The second kappa shape index (κ2) is 7.16. The number of ketones is 1. The number of ether oxygens (including phenoxy) is 1. The molecular formula is C17H21F3O2. The van der Waals surface area contributed by atoms with Crippen LogP contribution in [-0.4, -0.2) is 12.1 Å². The van der Waals surface area contributed by atoms with Gasteiger partial charge in [-0.25, -0.2) is 0 Å². The van der Waals surface area contributed by atoms with Gasteiger partial charge in [-0.15, -0.1) is 13.2 Å². The molecule has 1 fully saturated rings. The van der Waals surface area contributed by atoms with Crippen LogP contribution in [0.25, 0.3) is 0 Å². The first kappa shape index (κ1) is 16.8. The topological polar surface area (TPSA) is 26.3 Å². The van der Waals surface area contributed by atoms with Crippen LogP contribution in [0.15, 0.2) is 24.3 Å². The Hall–Kier alpha value is -1.52. The normalized spacial score (nSPS) is 18.5. The Kier molecular flexibility index (Phi) is 5.48. The van der Waals surface area contributed by atoms with E-state index in [0.717, 1.165) is 31.2 Å². The maximum Gasteiger partial charge on any atom is 0.573 e. The fourth-order valence-corrected chi connectivity index (χ4v) is 3.04. The molecule has 1 aromatic rings. The highest BCUT2D eigenvalue weighted by molar-refractivity contribution is 5.87. The van der Waals surface area contributed by atoms with E-state index in [-0.39, 0.29) is 23.4 Å². The van der Waals surface area contributed by atoms with Gasteiger partial charge in [0.05, 0.1) is 0 Å². The summed E-state index contributed by atoms with van der Waals surface area (Å²) in [6.07, 6.45) is 1.70. The highest BCUT2D eigenvalue weighted by atomic mass is 19.4. The summed E-state index contributed by atoms with van der Waals surface area (Å²) in [6.45, 7) is 1.83. The molecule has 0 aliphatic heterocycles. The van der Waals surface area contributed by atoms with Gasteiger partial charge in [-0.1, -0.05) is 44.7 Å². The molecule has 0 saturated heterocycles. The van der Waals surface area contributed by atoms with Crippen LogP contribution in [0.4, 0.5) is 13.2 Å². The van der Waals surface area contributed by atoms with Gasteiger partial charge in [0.1, 0.15) is 11.5 Å². The number of hydrogen-bond acceptors (Lipinski definition) is 2. The lowest BCUT2D eigenvalue weighted by molar-refractivity contribution is -0.274. The molecule has 22 heavy (non-hydrogen) atoms. The van der Waals surface area contributed by atoms with E-state index in [0.29, 0.717) is 0 Å². The third-order valence-electron chi connectivity index (χ3n) is 4.30. The summed E-state index contributed by atoms with van der Waals surface area (Å²) in [5.74, 6) is -0.261. The second-order valence-corrected chi connectivity index (χ2v) is 5.93. The predicted molar refractivity (Wildman–Crippen MR) is 77.7 cm³/mol. The molecule has 2 rings (SSSR count). The van der Waals surface area contributed by atoms with Crippen molar-refractivity contribution in [3.8, 4) is 5.75 Å². The number of Topliss-reactive ketones (excluding diaryl/α,β-unsaturated/α-hetero) is 1. The van der Waals surface area contributed by atoms with Gasteiger partial charge >= 0.3 is 6.36 Å². The van der Waals surface area contributed by atoms with E-state index in [9.17, 15) is 18.0 Å². The van der Waals surface area contributed by atoms with E-state index >= 15 is 0 Å². The molecule has 5 heteroatoms. The Bertz CT molecular complexity index is 486. The van der Waals surface area contributed by atoms with Crippen molar-refractivity contribution in [1.82, 2.24) is 0 Å². The molecule has 1 aromatic carbocycles. The maximum atomic E-state index is 12.6. The Morgan fingerprint density at radius 1 is 1.09 bits per heavy atom. The van der Waals surface area contributed by atoms with Crippen LogP contribution in [-0.2, 0) is 4.79 Å². The van der Waals surface area contributed by atoms with E-state index in [1.54, 1.807) is 12.1 Å². The molecule has 0 spiro atoms. The Labute approximate surface area is 128 Å². The zero-order chi connectivity index (χ0) is 16.2. The van der Waals surface area contributed by atoms with Crippen molar-refractivity contribution in [3.63, 3.8) is 0 Å². The van der Waals surface area contributed by atoms with Crippen molar-refractivity contribution in [2.24, 2.45) is 5.92 Å². The molecule has 122 valence electrons. The van der Waals surface area contributed by atoms with Crippen molar-refractivity contribution in [2.75, 3.05) is 0 Å². The Morgan fingerprint density at radius 2 is 1.64 bits per heavy atom. The molecule has 0 amide bonds. The van der Waals surface area contributed by atoms with Crippen LogP contribution < -0.4 is 4.74 Å². The summed E-state index contributed by atoms with van der Waals surface area (Å²) in [7, 11) is 0. The van der Waals surface area contributed by atoms with Gasteiger partial charge in [-0.2, -0.15) is 0 Å². The Balaban J connectivity index is 2.02. The monoisotopic (exact) mass is 314 g/mol. The van der Waals surface area contributed by atoms with Gasteiger partial charge in [-0.05, 0) is 30.5 Å². The summed E-state index contributed by atoms with van der Waals surface area (Å²) >= 11 is 0. The molecule has 1 atom stereocenters. The minimum atomic E-state index is -4.69. The summed E-state index contributed by atoms with van der Waals surface area (Å²) < 4.78 is 40.2. The van der Waals surface area contributed by atoms with Gasteiger partial charge in [0.15, 0.2) is 0 Å². The van der Waals surface area contributed by atoms with Crippen molar-refractivity contribution >= 4 is 5.78 Å². The molecule has 0 radical (unpaired) electrons. The third-order valence-corrected chi connectivity index (χ3v) is 4.30. The fourth-order valence-electron chi connectivity index (χ4n) is 3.04. The van der Waals surface area contributed by atoms with Gasteiger partial charge < -0.3 is 4.74 Å². The summed E-state index contributed by atoms with van der Waals surface area (Å²) in [5, 5.41) is 0. The molecule has 0 bridgehead atoms. The smallest absolute Gasteiger partial charge is 0.406 e. The van der Waals surface area contributed by atoms with Crippen molar-refractivity contribution in [1.29, 1.82) is 0 Å². The van der Waals surface area contributed by atoms with Gasteiger partial charge in [0.2, 0.25) is 0 Å². The summed E-state index contributed by atoms with van der Waals surface area (Å²) in [5.41, 5.74) is 0.740. The third kappa shape index (κ3) is 4.75. The first-order valence-electron chi connectivity index (χ1n) is 7.76. The summed E-state index contributed by atoms with van der Waals surface area (Å²) in [4.78, 5) is 12.6. The lowest BCUT2D eigenvalue weighted by Crippen LogP contribution is -2.20. The lowest BCUT2D eigenvalue weighted by Gasteiger charge is -2.19. The lowest BCUT2D eigenvalue weighted by atomic mass is 9.85. The zero-order valence-corrected chi connectivity index (χ0v) is 12.7. The van der Waals surface area contributed by atoms with Crippen molar-refractivity contribution in [2.45, 2.75) is 57.7 Å². The van der Waals surface area contributed by atoms with Crippen molar-refractivity contribution in [3.05, 3.63) is 29.8 Å². The van der Waals surface area contributed by atoms with Crippen LogP contribution in [0.5, 0.6) is 5.75 Å². The van der Waals surface area contributed by atoms with Crippen LogP contribution in [0, 0.1) is 5.92 Å². The van der Waals surface area contributed by atoms with Crippen LogP contribution in [0.1, 0.15) is 56.9 Å². The molecule has 0 aromatic heterocycles. The standard InChI is InChI=1S/C17H21F3O2/c1-12(16(21)14-6-4-2-3-5-7-14)13-8-10-15(11-9-13)22-17(18,19)20/h8-12,14H,2-7H2,1H3. The number of benzene rings is 1. The van der Waals surface area contributed by atoms with Crippen LogP contribution in [0.2, 0.25) is 0 Å². The number of hydrogen-bond donors (Lipinski definition) is 0. The molecule has 0 heterocycles. The van der Waals surface area contributed by atoms with Gasteiger partial charge in [0.25, 0.3) is 0 Å². The highest BCUT2D eigenvalue weighted by Crippen LogP contribution is 2.30. The number of alkyl halides is 3. The van der Waals surface area contributed by atoms with E-state index < -0.39 is 6.36 Å².